The number of rotatable bonds is 8. The summed E-state index contributed by atoms with van der Waals surface area (Å²) in [5, 5.41) is 2.48. The Morgan fingerprint density at radius 2 is 1.43 bits per heavy atom. The number of ether oxygens (including phenoxy) is 1. The van der Waals surface area contributed by atoms with Crippen molar-refractivity contribution in [2.45, 2.75) is 39.5 Å². The first kappa shape index (κ1) is 21.5. The van der Waals surface area contributed by atoms with E-state index >= 15 is 0 Å². The van der Waals surface area contributed by atoms with Crippen molar-refractivity contribution < 1.29 is 4.74 Å². The summed E-state index contributed by atoms with van der Waals surface area (Å²) in [6, 6.07) is 21.5. The van der Waals surface area contributed by atoms with Crippen LogP contribution in [-0.4, -0.2) is 11.2 Å². The fourth-order valence-electron chi connectivity index (χ4n) is 4.05. The van der Waals surface area contributed by atoms with Gasteiger partial charge in [0.2, 0.25) is 0 Å². The molecule has 0 fully saturated rings. The molecule has 0 aliphatic carbocycles. The van der Waals surface area contributed by atoms with Crippen LogP contribution in [0.4, 0.5) is 0 Å². The van der Waals surface area contributed by atoms with Crippen LogP contribution in [0.2, 0.25) is 0 Å². The van der Waals surface area contributed by atoms with Crippen molar-refractivity contribution in [3.05, 3.63) is 69.6 Å². The van der Waals surface area contributed by atoms with E-state index in [9.17, 15) is 0 Å². The Bertz CT molecular complexity index is 1090. The first-order chi connectivity index (χ1) is 14.6. The van der Waals surface area contributed by atoms with Crippen molar-refractivity contribution in [3.8, 4) is 11.4 Å². The average Bonchev–Trinajstić information content (AvgIpc) is 3.07. The lowest BCUT2D eigenvalue weighted by Crippen LogP contribution is -2.11. The maximum atomic E-state index is 6.11. The summed E-state index contributed by atoms with van der Waals surface area (Å²) in [4.78, 5) is 0. The lowest BCUT2D eigenvalue weighted by molar-refractivity contribution is 0.233. The van der Waals surface area contributed by atoms with Crippen molar-refractivity contribution >= 4 is 53.7 Å². The standard InChI is InChI=1S/C26H27Br2NO/c1-3-5-6-18(4-2)17-30-22-11-9-21(10-12-22)29-25-13-7-19(27)15-23(25)24-16-20(28)8-14-26(24)29/h7-16,18H,3-6,17H2,1-2H3. The van der Waals surface area contributed by atoms with E-state index in [2.05, 4.69) is 111 Å². The molecule has 0 radical (unpaired) electrons. The van der Waals surface area contributed by atoms with E-state index in [1.807, 2.05) is 0 Å². The lowest BCUT2D eigenvalue weighted by atomic mass is 10.0. The smallest absolute Gasteiger partial charge is 0.119 e. The molecule has 4 rings (SSSR count). The van der Waals surface area contributed by atoms with Gasteiger partial charge >= 0.3 is 0 Å². The number of hydrogen-bond donors (Lipinski definition) is 0. The summed E-state index contributed by atoms with van der Waals surface area (Å²) < 4.78 is 10.6. The Balaban J connectivity index is 1.65. The topological polar surface area (TPSA) is 14.2 Å². The number of unbranched alkanes of at least 4 members (excludes halogenated alkanes) is 1. The summed E-state index contributed by atoms with van der Waals surface area (Å²) in [7, 11) is 0. The summed E-state index contributed by atoms with van der Waals surface area (Å²) in [6.07, 6.45) is 4.94. The monoisotopic (exact) mass is 527 g/mol. The highest BCUT2D eigenvalue weighted by molar-refractivity contribution is 9.10. The number of halogens is 2. The molecular weight excluding hydrogens is 502 g/mol. The van der Waals surface area contributed by atoms with Crippen molar-refractivity contribution in [2.75, 3.05) is 6.61 Å². The van der Waals surface area contributed by atoms with E-state index in [-0.39, 0.29) is 0 Å². The highest BCUT2D eigenvalue weighted by Gasteiger charge is 2.13. The van der Waals surface area contributed by atoms with Gasteiger partial charge in [-0.05, 0) is 73.0 Å². The van der Waals surface area contributed by atoms with Gasteiger partial charge in [0.1, 0.15) is 5.75 Å². The summed E-state index contributed by atoms with van der Waals surface area (Å²) in [6.45, 7) is 5.30. The Labute approximate surface area is 195 Å². The van der Waals surface area contributed by atoms with Gasteiger partial charge in [0.15, 0.2) is 0 Å². The molecule has 1 heterocycles. The van der Waals surface area contributed by atoms with Crippen molar-refractivity contribution in [1.29, 1.82) is 0 Å². The Morgan fingerprint density at radius 1 is 0.833 bits per heavy atom. The molecule has 156 valence electrons. The Kier molecular flexibility index (Phi) is 6.84. The van der Waals surface area contributed by atoms with E-state index in [4.69, 9.17) is 4.74 Å². The average molecular weight is 529 g/mol. The van der Waals surface area contributed by atoms with Crippen LogP contribution < -0.4 is 4.74 Å². The normalized spacial score (nSPS) is 12.5. The molecule has 4 heteroatoms. The molecule has 30 heavy (non-hydrogen) atoms. The SMILES string of the molecule is CCCCC(CC)COc1ccc(-n2c3ccc(Br)cc3c3cc(Br)ccc32)cc1. The van der Waals surface area contributed by atoms with E-state index in [0.717, 1.165) is 27.0 Å². The molecule has 0 saturated heterocycles. The third-order valence-corrected chi connectivity index (χ3v) is 6.80. The predicted octanol–water partition coefficient (Wildman–Crippen LogP) is 8.90. The predicted molar refractivity (Wildman–Crippen MR) is 135 cm³/mol. The summed E-state index contributed by atoms with van der Waals surface area (Å²) >= 11 is 7.25. The number of aromatic nitrogens is 1. The second kappa shape index (κ2) is 9.57. The molecular formula is C26H27Br2NO. The number of fused-ring (bicyclic) bond motifs is 3. The van der Waals surface area contributed by atoms with Crippen molar-refractivity contribution in [3.63, 3.8) is 0 Å². The molecule has 3 aromatic carbocycles. The number of hydrogen-bond acceptors (Lipinski definition) is 1. The largest absolute Gasteiger partial charge is 0.493 e. The molecule has 0 bridgehead atoms. The molecule has 0 spiro atoms. The van der Waals surface area contributed by atoms with Gasteiger partial charge in [0, 0.05) is 25.4 Å². The van der Waals surface area contributed by atoms with Crippen LogP contribution >= 0.6 is 31.9 Å². The molecule has 2 nitrogen and oxygen atoms in total. The molecule has 1 atom stereocenters. The minimum Gasteiger partial charge on any atom is -0.493 e. The van der Waals surface area contributed by atoms with Crippen molar-refractivity contribution in [1.82, 2.24) is 4.57 Å². The van der Waals surface area contributed by atoms with E-state index in [1.165, 1.54) is 47.5 Å². The van der Waals surface area contributed by atoms with Gasteiger partial charge < -0.3 is 9.30 Å². The van der Waals surface area contributed by atoms with Gasteiger partial charge in [0.25, 0.3) is 0 Å². The molecule has 0 aliphatic heterocycles. The van der Waals surface area contributed by atoms with Gasteiger partial charge in [0.05, 0.1) is 17.6 Å². The Hall–Kier alpha value is -1.78. The molecule has 0 N–H and O–H groups in total. The zero-order chi connectivity index (χ0) is 21.1. The first-order valence-electron chi connectivity index (χ1n) is 10.7. The fourth-order valence-corrected chi connectivity index (χ4v) is 4.77. The fraction of sp³-hybridized carbons (Fsp3) is 0.308. The zero-order valence-electron chi connectivity index (χ0n) is 17.5. The van der Waals surface area contributed by atoms with Gasteiger partial charge in [-0.3, -0.25) is 0 Å². The maximum absolute atomic E-state index is 6.11. The van der Waals surface area contributed by atoms with E-state index in [1.54, 1.807) is 0 Å². The Morgan fingerprint density at radius 3 is 1.97 bits per heavy atom. The van der Waals surface area contributed by atoms with Gasteiger partial charge in [-0.1, -0.05) is 65.0 Å². The second-order valence-electron chi connectivity index (χ2n) is 7.88. The number of nitrogens with zero attached hydrogens (tertiary/aromatic N) is 1. The first-order valence-corrected chi connectivity index (χ1v) is 12.3. The minimum absolute atomic E-state index is 0.638. The zero-order valence-corrected chi connectivity index (χ0v) is 20.7. The third-order valence-electron chi connectivity index (χ3n) is 5.81. The highest BCUT2D eigenvalue weighted by Crippen LogP contribution is 2.35. The molecule has 1 aromatic heterocycles. The summed E-state index contributed by atoms with van der Waals surface area (Å²) in [5.41, 5.74) is 3.54. The molecule has 1 unspecified atom stereocenters. The number of benzene rings is 3. The van der Waals surface area contributed by atoms with Gasteiger partial charge in [-0.2, -0.15) is 0 Å². The van der Waals surface area contributed by atoms with Crippen LogP contribution in [0.1, 0.15) is 39.5 Å². The van der Waals surface area contributed by atoms with Gasteiger partial charge in [-0.15, -0.1) is 0 Å². The van der Waals surface area contributed by atoms with Crippen molar-refractivity contribution in [2.24, 2.45) is 5.92 Å². The maximum Gasteiger partial charge on any atom is 0.119 e. The molecule has 4 aromatic rings. The van der Waals surface area contributed by atoms with Crippen LogP contribution in [-0.2, 0) is 0 Å². The molecule has 0 saturated carbocycles. The molecule has 0 amide bonds. The lowest BCUT2D eigenvalue weighted by Gasteiger charge is -2.16. The molecule has 0 aliphatic rings. The quantitative estimate of drug-likeness (QED) is 0.222. The highest BCUT2D eigenvalue weighted by atomic mass is 79.9. The second-order valence-corrected chi connectivity index (χ2v) is 9.71. The van der Waals surface area contributed by atoms with Crippen LogP contribution in [0.15, 0.2) is 69.6 Å². The minimum atomic E-state index is 0.638. The van der Waals surface area contributed by atoms with Gasteiger partial charge in [-0.25, -0.2) is 0 Å². The third kappa shape index (κ3) is 4.45. The van der Waals surface area contributed by atoms with E-state index < -0.39 is 0 Å². The van der Waals surface area contributed by atoms with Crippen LogP contribution in [0.25, 0.3) is 27.5 Å². The van der Waals surface area contributed by atoms with Crippen LogP contribution in [0.5, 0.6) is 5.75 Å². The van der Waals surface area contributed by atoms with Crippen LogP contribution in [0, 0.1) is 5.92 Å². The van der Waals surface area contributed by atoms with E-state index in [0.29, 0.717) is 5.92 Å². The summed E-state index contributed by atoms with van der Waals surface area (Å²) in [5.74, 6) is 1.58. The van der Waals surface area contributed by atoms with Crippen LogP contribution in [0.3, 0.4) is 0 Å².